The second-order valence-electron chi connectivity index (χ2n) is 6.58. The van der Waals surface area contributed by atoms with Crippen LogP contribution in [0.15, 0.2) is 83.8 Å². The van der Waals surface area contributed by atoms with Gasteiger partial charge in [-0.25, -0.2) is 4.39 Å². The van der Waals surface area contributed by atoms with E-state index >= 15 is 0 Å². The average molecular weight is 438 g/mol. The van der Waals surface area contributed by atoms with Gasteiger partial charge in [0.15, 0.2) is 0 Å². The van der Waals surface area contributed by atoms with Gasteiger partial charge in [0.05, 0.1) is 29.7 Å². The highest BCUT2D eigenvalue weighted by atomic mass is 35.5. The summed E-state index contributed by atoms with van der Waals surface area (Å²) in [5.74, 6) is -1.29. The zero-order valence-electron chi connectivity index (χ0n) is 16.4. The summed E-state index contributed by atoms with van der Waals surface area (Å²) in [5.41, 5.74) is 1.76. The van der Waals surface area contributed by atoms with Gasteiger partial charge in [-0.3, -0.25) is 14.7 Å². The highest BCUT2D eigenvalue weighted by molar-refractivity contribution is 6.34. The van der Waals surface area contributed by atoms with Gasteiger partial charge in [-0.05, 0) is 42.0 Å². The molecule has 1 atom stereocenters. The topological polar surface area (TPSA) is 68.5 Å². The van der Waals surface area contributed by atoms with Crippen LogP contribution in [0.1, 0.15) is 17.2 Å². The molecule has 6 nitrogen and oxygen atoms in total. The van der Waals surface area contributed by atoms with Gasteiger partial charge in [-0.1, -0.05) is 41.0 Å². The second-order valence-corrected chi connectivity index (χ2v) is 6.99. The lowest BCUT2D eigenvalue weighted by Crippen LogP contribution is -2.32. The molecule has 2 heterocycles. The van der Waals surface area contributed by atoms with E-state index in [0.29, 0.717) is 33.4 Å². The third kappa shape index (κ3) is 4.13. The van der Waals surface area contributed by atoms with Crippen molar-refractivity contribution in [3.8, 4) is 5.75 Å². The van der Waals surface area contributed by atoms with Crippen molar-refractivity contribution in [2.45, 2.75) is 5.92 Å². The Kier molecular flexibility index (Phi) is 5.95. The Labute approximate surface area is 182 Å². The molecule has 0 aliphatic carbocycles. The van der Waals surface area contributed by atoms with Crippen molar-refractivity contribution in [1.29, 1.82) is 0 Å². The number of carbonyl (C=O) groups is 1. The number of hydrogen-bond donors (Lipinski definition) is 0. The maximum atomic E-state index is 14.1. The minimum Gasteiger partial charge on any atom is -0.495 e. The smallest absolute Gasteiger partial charge is 0.245 e. The standard InChI is InChI=1S/C23H17ClFN3O3/c1-30-20-7-4-12-26-22(20)21(15-8-10-16(25)11-9-15)23(29)28(17-13-27-31-14-17)19-6-3-2-5-18(19)24/h2-14,21H,1H3. The molecule has 0 spiro atoms. The molecular weight excluding hydrogens is 421 g/mol. The molecule has 0 aliphatic heterocycles. The molecule has 156 valence electrons. The Hall–Kier alpha value is -3.71. The van der Waals surface area contributed by atoms with Gasteiger partial charge in [0.25, 0.3) is 0 Å². The zero-order valence-corrected chi connectivity index (χ0v) is 17.2. The molecule has 8 heteroatoms. The van der Waals surface area contributed by atoms with E-state index in [4.69, 9.17) is 20.9 Å². The van der Waals surface area contributed by atoms with Crippen LogP contribution in [0.5, 0.6) is 5.75 Å². The van der Waals surface area contributed by atoms with Crippen LogP contribution in [0.3, 0.4) is 0 Å². The summed E-state index contributed by atoms with van der Waals surface area (Å²) in [6.07, 6.45) is 4.33. The summed E-state index contributed by atoms with van der Waals surface area (Å²) in [7, 11) is 1.50. The molecule has 0 saturated heterocycles. The highest BCUT2D eigenvalue weighted by Crippen LogP contribution is 2.38. The first-order valence-electron chi connectivity index (χ1n) is 9.32. The van der Waals surface area contributed by atoms with Gasteiger partial charge in [-0.15, -0.1) is 0 Å². The predicted octanol–water partition coefficient (Wildman–Crippen LogP) is 5.37. The number of methoxy groups -OCH3 is 1. The number of para-hydroxylation sites is 1. The minimum atomic E-state index is -0.914. The first-order valence-corrected chi connectivity index (χ1v) is 9.70. The Morgan fingerprint density at radius 3 is 2.58 bits per heavy atom. The van der Waals surface area contributed by atoms with E-state index in [1.807, 2.05) is 0 Å². The molecule has 0 N–H and O–H groups in total. The molecule has 31 heavy (non-hydrogen) atoms. The SMILES string of the molecule is COc1cccnc1C(C(=O)N(c1cnoc1)c1ccccc1Cl)c1ccc(F)cc1. The van der Waals surface area contributed by atoms with Crippen LogP contribution in [0, 0.1) is 5.82 Å². The van der Waals surface area contributed by atoms with Crippen molar-refractivity contribution in [2.75, 3.05) is 12.0 Å². The van der Waals surface area contributed by atoms with E-state index < -0.39 is 11.7 Å². The quantitative estimate of drug-likeness (QED) is 0.405. The van der Waals surface area contributed by atoms with Crippen LogP contribution in [0.2, 0.25) is 5.02 Å². The Balaban J connectivity index is 1.91. The highest BCUT2D eigenvalue weighted by Gasteiger charge is 2.34. The lowest BCUT2D eigenvalue weighted by molar-refractivity contribution is -0.118. The first-order chi connectivity index (χ1) is 15.1. The van der Waals surface area contributed by atoms with Crippen LogP contribution in [-0.2, 0) is 4.79 Å². The lowest BCUT2D eigenvalue weighted by Gasteiger charge is -2.27. The molecule has 0 fully saturated rings. The summed E-state index contributed by atoms with van der Waals surface area (Å²) in [4.78, 5) is 19.9. The Morgan fingerprint density at radius 1 is 1.13 bits per heavy atom. The molecule has 2 aromatic heterocycles. The number of carbonyl (C=O) groups excluding carboxylic acids is 1. The first kappa shape index (κ1) is 20.6. The fourth-order valence-electron chi connectivity index (χ4n) is 3.32. The van der Waals surface area contributed by atoms with Crippen LogP contribution in [0.25, 0.3) is 0 Å². The molecule has 2 aromatic carbocycles. The Morgan fingerprint density at radius 2 is 1.90 bits per heavy atom. The third-order valence-corrected chi connectivity index (χ3v) is 5.05. The number of benzene rings is 2. The number of anilines is 2. The van der Waals surface area contributed by atoms with E-state index in [1.54, 1.807) is 54.7 Å². The van der Waals surface area contributed by atoms with Crippen LogP contribution in [-0.4, -0.2) is 23.2 Å². The average Bonchev–Trinajstić information content (AvgIpc) is 3.31. The van der Waals surface area contributed by atoms with E-state index in [1.165, 1.54) is 36.6 Å². The van der Waals surface area contributed by atoms with Gasteiger partial charge in [0.2, 0.25) is 5.91 Å². The Bertz CT molecular complexity index is 1180. The minimum absolute atomic E-state index is 0.364. The van der Waals surface area contributed by atoms with Crippen molar-refractivity contribution >= 4 is 28.9 Å². The number of pyridine rings is 1. The number of rotatable bonds is 6. The molecule has 4 rings (SSSR count). The summed E-state index contributed by atoms with van der Waals surface area (Å²) in [6.45, 7) is 0. The summed E-state index contributed by atoms with van der Waals surface area (Å²) in [6, 6.07) is 16.0. The molecule has 4 aromatic rings. The fourth-order valence-corrected chi connectivity index (χ4v) is 3.54. The largest absolute Gasteiger partial charge is 0.495 e. The van der Waals surface area contributed by atoms with Crippen molar-refractivity contribution in [3.05, 3.63) is 101 Å². The van der Waals surface area contributed by atoms with Crippen LogP contribution >= 0.6 is 11.6 Å². The number of nitrogens with zero attached hydrogens (tertiary/aromatic N) is 3. The van der Waals surface area contributed by atoms with Crippen molar-refractivity contribution in [3.63, 3.8) is 0 Å². The lowest BCUT2D eigenvalue weighted by atomic mass is 9.92. The molecule has 1 unspecified atom stereocenters. The van der Waals surface area contributed by atoms with Gasteiger partial charge in [-0.2, -0.15) is 0 Å². The van der Waals surface area contributed by atoms with Crippen molar-refractivity contribution < 1.29 is 18.4 Å². The van der Waals surface area contributed by atoms with Crippen molar-refractivity contribution in [2.24, 2.45) is 0 Å². The number of halogens is 2. The molecule has 0 aliphatic rings. The fraction of sp³-hybridized carbons (Fsp3) is 0.0870. The number of amides is 1. The van der Waals surface area contributed by atoms with Crippen molar-refractivity contribution in [1.82, 2.24) is 10.1 Å². The predicted molar refractivity (Wildman–Crippen MR) is 114 cm³/mol. The van der Waals surface area contributed by atoms with Crippen LogP contribution in [0.4, 0.5) is 15.8 Å². The number of hydrogen-bond acceptors (Lipinski definition) is 5. The number of ether oxygens (including phenoxy) is 1. The number of aromatic nitrogens is 2. The van der Waals surface area contributed by atoms with Gasteiger partial charge in [0, 0.05) is 6.20 Å². The molecule has 0 bridgehead atoms. The maximum absolute atomic E-state index is 14.1. The summed E-state index contributed by atoms with van der Waals surface area (Å²) >= 11 is 6.42. The summed E-state index contributed by atoms with van der Waals surface area (Å²) in [5, 5.41) is 4.09. The van der Waals surface area contributed by atoms with E-state index in [9.17, 15) is 9.18 Å². The second kappa shape index (κ2) is 8.97. The van der Waals surface area contributed by atoms with E-state index in [2.05, 4.69) is 10.1 Å². The summed E-state index contributed by atoms with van der Waals surface area (Å²) < 4.78 is 24.1. The van der Waals surface area contributed by atoms with E-state index in [-0.39, 0.29) is 5.91 Å². The molecule has 0 radical (unpaired) electrons. The van der Waals surface area contributed by atoms with Crippen LogP contribution < -0.4 is 9.64 Å². The van der Waals surface area contributed by atoms with Gasteiger partial charge < -0.3 is 9.26 Å². The molecule has 0 saturated carbocycles. The normalized spacial score (nSPS) is 11.7. The molecule has 1 amide bonds. The molecular formula is C23H17ClFN3O3. The van der Waals surface area contributed by atoms with Gasteiger partial charge >= 0.3 is 0 Å². The zero-order chi connectivity index (χ0) is 21.8. The maximum Gasteiger partial charge on any atom is 0.245 e. The third-order valence-electron chi connectivity index (χ3n) is 4.73. The van der Waals surface area contributed by atoms with E-state index in [0.717, 1.165) is 0 Å². The monoisotopic (exact) mass is 437 g/mol. The van der Waals surface area contributed by atoms with Gasteiger partial charge in [0.1, 0.15) is 29.4 Å².